The summed E-state index contributed by atoms with van der Waals surface area (Å²) in [4.78, 5) is 16.7. The molecule has 9 heteroatoms. The molecule has 2 aromatic rings. The Labute approximate surface area is 190 Å². The molecule has 1 heterocycles. The van der Waals surface area contributed by atoms with Gasteiger partial charge in [0.25, 0.3) is 5.91 Å². The lowest BCUT2D eigenvalue weighted by molar-refractivity contribution is 0.0953. The average molecular weight is 513 g/mol. The minimum Gasteiger partial charge on any atom is -0.357 e. The summed E-state index contributed by atoms with van der Waals surface area (Å²) in [5, 5.41) is 17.5. The van der Waals surface area contributed by atoms with E-state index in [0.717, 1.165) is 49.8 Å². The van der Waals surface area contributed by atoms with Crippen molar-refractivity contribution in [3.63, 3.8) is 0 Å². The van der Waals surface area contributed by atoms with E-state index in [4.69, 9.17) is 0 Å². The monoisotopic (exact) mass is 513 g/mol. The second kappa shape index (κ2) is 13.9. The predicted octanol–water partition coefficient (Wildman–Crippen LogP) is 2.35. The molecule has 0 unspecified atom stereocenters. The number of rotatable bonds is 10. The summed E-state index contributed by atoms with van der Waals surface area (Å²) >= 11 is 0. The first-order valence-corrected chi connectivity index (χ1v) is 9.93. The maximum atomic E-state index is 12.1. The molecule has 0 spiro atoms. The van der Waals surface area contributed by atoms with Crippen LogP contribution in [0, 0.1) is 0 Å². The zero-order valence-corrected chi connectivity index (χ0v) is 19.8. The summed E-state index contributed by atoms with van der Waals surface area (Å²) in [7, 11) is 0. The fraction of sp³-hybridized carbons (Fsp3) is 0.500. The summed E-state index contributed by atoms with van der Waals surface area (Å²) < 4.78 is 2.04. The molecule has 0 aliphatic rings. The number of amides is 1. The highest BCUT2D eigenvalue weighted by Crippen LogP contribution is 2.07. The summed E-state index contributed by atoms with van der Waals surface area (Å²) in [5.41, 5.74) is 1.66. The van der Waals surface area contributed by atoms with Crippen molar-refractivity contribution in [2.45, 2.75) is 46.7 Å². The lowest BCUT2D eigenvalue weighted by Crippen LogP contribution is -2.38. The van der Waals surface area contributed by atoms with E-state index in [-0.39, 0.29) is 29.9 Å². The van der Waals surface area contributed by atoms with Crippen LogP contribution in [-0.4, -0.2) is 46.3 Å². The zero-order valence-electron chi connectivity index (χ0n) is 17.4. The minimum absolute atomic E-state index is 0. The minimum atomic E-state index is -0.0432. The molecule has 1 amide bonds. The second-order valence-corrected chi connectivity index (χ2v) is 6.37. The molecule has 0 saturated carbocycles. The normalized spacial score (nSPS) is 10.9. The van der Waals surface area contributed by atoms with Gasteiger partial charge in [0.1, 0.15) is 12.2 Å². The average Bonchev–Trinajstić information content (AvgIpc) is 3.18. The van der Waals surface area contributed by atoms with Gasteiger partial charge in [-0.15, -0.1) is 34.2 Å². The summed E-state index contributed by atoms with van der Waals surface area (Å²) in [6.07, 6.45) is 3.53. The van der Waals surface area contributed by atoms with E-state index in [0.29, 0.717) is 18.7 Å². The van der Waals surface area contributed by atoms with Crippen molar-refractivity contribution in [2.75, 3.05) is 19.6 Å². The van der Waals surface area contributed by atoms with Gasteiger partial charge in [0, 0.05) is 38.2 Å². The first-order chi connectivity index (χ1) is 13.7. The quantitative estimate of drug-likeness (QED) is 0.258. The predicted molar refractivity (Wildman–Crippen MR) is 127 cm³/mol. The van der Waals surface area contributed by atoms with E-state index in [2.05, 4.69) is 38.1 Å². The van der Waals surface area contributed by atoms with Gasteiger partial charge in [0.2, 0.25) is 0 Å². The van der Waals surface area contributed by atoms with Crippen LogP contribution in [0.2, 0.25) is 0 Å². The number of carbonyl (C=O) groups is 1. The first kappa shape index (κ1) is 24.9. The molecule has 0 atom stereocenters. The van der Waals surface area contributed by atoms with Crippen LogP contribution in [0.4, 0.5) is 0 Å². The van der Waals surface area contributed by atoms with Gasteiger partial charge in [-0.05, 0) is 31.0 Å². The van der Waals surface area contributed by atoms with E-state index in [1.165, 1.54) is 0 Å². The third-order valence-corrected chi connectivity index (χ3v) is 4.15. The van der Waals surface area contributed by atoms with Crippen molar-refractivity contribution < 1.29 is 4.79 Å². The number of hydrogen-bond acceptors (Lipinski definition) is 4. The van der Waals surface area contributed by atoms with Crippen LogP contribution in [0.3, 0.4) is 0 Å². The highest BCUT2D eigenvalue weighted by Gasteiger charge is 2.06. The van der Waals surface area contributed by atoms with Crippen molar-refractivity contribution >= 4 is 35.8 Å². The highest BCUT2D eigenvalue weighted by atomic mass is 127. The van der Waals surface area contributed by atoms with Crippen molar-refractivity contribution in [3.8, 4) is 0 Å². The van der Waals surface area contributed by atoms with Gasteiger partial charge in [-0.1, -0.05) is 26.0 Å². The Morgan fingerprint density at radius 1 is 1.14 bits per heavy atom. The van der Waals surface area contributed by atoms with Crippen molar-refractivity contribution in [2.24, 2.45) is 4.99 Å². The Hall–Kier alpha value is -2.17. The standard InChI is InChI=1S/C20H31N7O.HI/c1-4-10-22-19(28)17-9-7-8-16(13-17)14-24-20(21-6-3)23-11-12-27-15-25-26-18(27)5-2;/h7-9,13,15H,4-6,10-12,14H2,1-3H3,(H,22,28)(H2,21,23,24);1H. The Balaban J connectivity index is 0.00000420. The number of carbonyl (C=O) groups excluding carboxylic acids is 1. The number of aliphatic imine (C=N–C) groups is 1. The lowest BCUT2D eigenvalue weighted by atomic mass is 10.1. The van der Waals surface area contributed by atoms with E-state index in [1.807, 2.05) is 42.7 Å². The highest BCUT2D eigenvalue weighted by molar-refractivity contribution is 14.0. The first-order valence-electron chi connectivity index (χ1n) is 9.93. The number of aryl methyl sites for hydroxylation is 1. The number of guanidine groups is 1. The number of aromatic nitrogens is 3. The fourth-order valence-corrected chi connectivity index (χ4v) is 2.70. The summed E-state index contributed by atoms with van der Waals surface area (Å²) in [6.45, 7) is 9.58. The molecule has 0 saturated heterocycles. The van der Waals surface area contributed by atoms with Crippen molar-refractivity contribution in [1.29, 1.82) is 0 Å². The van der Waals surface area contributed by atoms with Crippen LogP contribution in [0.1, 0.15) is 48.9 Å². The van der Waals surface area contributed by atoms with E-state index < -0.39 is 0 Å². The van der Waals surface area contributed by atoms with Gasteiger partial charge in [-0.25, -0.2) is 4.99 Å². The van der Waals surface area contributed by atoms with E-state index >= 15 is 0 Å². The van der Waals surface area contributed by atoms with Crippen LogP contribution < -0.4 is 16.0 Å². The van der Waals surface area contributed by atoms with Gasteiger partial charge in [-0.3, -0.25) is 4.79 Å². The van der Waals surface area contributed by atoms with Gasteiger partial charge in [-0.2, -0.15) is 0 Å². The molecule has 3 N–H and O–H groups in total. The molecule has 0 aliphatic heterocycles. The van der Waals surface area contributed by atoms with E-state index in [9.17, 15) is 4.79 Å². The number of nitrogens with one attached hydrogen (secondary N) is 3. The maximum absolute atomic E-state index is 12.1. The Morgan fingerprint density at radius 3 is 2.69 bits per heavy atom. The molecular weight excluding hydrogens is 481 g/mol. The van der Waals surface area contributed by atoms with Crippen LogP contribution >= 0.6 is 24.0 Å². The molecule has 0 fully saturated rings. The van der Waals surface area contributed by atoms with Crippen LogP contribution in [-0.2, 0) is 19.5 Å². The molecule has 29 heavy (non-hydrogen) atoms. The van der Waals surface area contributed by atoms with Crippen LogP contribution in [0.5, 0.6) is 0 Å². The Bertz CT molecular complexity index is 776. The molecule has 1 aromatic carbocycles. The Kier molecular flexibility index (Phi) is 11.9. The molecule has 0 radical (unpaired) electrons. The Morgan fingerprint density at radius 2 is 1.97 bits per heavy atom. The zero-order chi connectivity index (χ0) is 20.2. The molecule has 2 rings (SSSR count). The van der Waals surface area contributed by atoms with Gasteiger partial charge in [0.15, 0.2) is 5.96 Å². The van der Waals surface area contributed by atoms with Crippen LogP contribution in [0.15, 0.2) is 35.6 Å². The number of halogens is 1. The second-order valence-electron chi connectivity index (χ2n) is 6.37. The largest absolute Gasteiger partial charge is 0.357 e. The fourth-order valence-electron chi connectivity index (χ4n) is 2.70. The number of nitrogens with zero attached hydrogens (tertiary/aromatic N) is 4. The third kappa shape index (κ3) is 8.38. The smallest absolute Gasteiger partial charge is 0.251 e. The van der Waals surface area contributed by atoms with Gasteiger partial charge >= 0.3 is 0 Å². The molecule has 0 aliphatic carbocycles. The molecule has 0 bridgehead atoms. The van der Waals surface area contributed by atoms with Crippen molar-refractivity contribution in [3.05, 3.63) is 47.5 Å². The van der Waals surface area contributed by atoms with Crippen LogP contribution in [0.25, 0.3) is 0 Å². The van der Waals surface area contributed by atoms with Crippen molar-refractivity contribution in [1.82, 2.24) is 30.7 Å². The SMILES string of the molecule is CCCNC(=O)c1cccc(CN=C(NCC)NCCn2cnnc2CC)c1.I. The number of benzene rings is 1. The number of hydrogen-bond donors (Lipinski definition) is 3. The van der Waals surface area contributed by atoms with E-state index in [1.54, 1.807) is 6.33 Å². The lowest BCUT2D eigenvalue weighted by Gasteiger charge is -2.12. The molecule has 8 nitrogen and oxygen atoms in total. The van der Waals surface area contributed by atoms with Gasteiger partial charge < -0.3 is 20.5 Å². The topological polar surface area (TPSA) is 96.2 Å². The van der Waals surface area contributed by atoms with Gasteiger partial charge in [0.05, 0.1) is 6.54 Å². The molecular formula is C20H32IN7O. The molecule has 1 aromatic heterocycles. The summed E-state index contributed by atoms with van der Waals surface area (Å²) in [5.74, 6) is 1.68. The summed E-state index contributed by atoms with van der Waals surface area (Å²) in [6, 6.07) is 7.59. The third-order valence-electron chi connectivity index (χ3n) is 4.15. The molecule has 160 valence electrons. The maximum Gasteiger partial charge on any atom is 0.251 e.